The van der Waals surface area contributed by atoms with Crippen LogP contribution < -0.4 is 15.2 Å². The Morgan fingerprint density at radius 2 is 2.00 bits per heavy atom. The smallest absolute Gasteiger partial charge is 0.244 e. The van der Waals surface area contributed by atoms with Crippen LogP contribution in [-0.2, 0) is 10.0 Å². The van der Waals surface area contributed by atoms with E-state index in [4.69, 9.17) is 10.5 Å². The predicted octanol–water partition coefficient (Wildman–Crippen LogP) is 1.85. The van der Waals surface area contributed by atoms with Gasteiger partial charge in [-0.05, 0) is 39.3 Å². The first-order valence-electron chi connectivity index (χ1n) is 6.67. The summed E-state index contributed by atoms with van der Waals surface area (Å²) in [5, 5.41) is 0. The molecule has 1 heterocycles. The van der Waals surface area contributed by atoms with Crippen molar-refractivity contribution in [3.8, 4) is 5.75 Å². The second-order valence-corrected chi connectivity index (χ2v) is 7.93. The quantitative estimate of drug-likeness (QED) is 0.873. The van der Waals surface area contributed by atoms with Crippen molar-refractivity contribution in [2.24, 2.45) is 5.73 Å². The Kier molecular flexibility index (Phi) is 3.83. The lowest BCUT2D eigenvalue weighted by molar-refractivity contribution is 0.261. The lowest BCUT2D eigenvalue weighted by atomic mass is 9.99. The summed E-state index contributed by atoms with van der Waals surface area (Å²) in [6.45, 7) is 7.71. The van der Waals surface area contributed by atoms with E-state index in [0.29, 0.717) is 18.8 Å². The van der Waals surface area contributed by atoms with E-state index >= 15 is 0 Å². The molecule has 0 radical (unpaired) electrons. The number of hydrogen-bond donors (Lipinski definition) is 2. The molecule has 0 fully saturated rings. The first kappa shape index (κ1) is 15.3. The molecule has 20 heavy (non-hydrogen) atoms. The van der Waals surface area contributed by atoms with Crippen molar-refractivity contribution in [2.75, 3.05) is 6.61 Å². The lowest BCUT2D eigenvalue weighted by Gasteiger charge is -2.27. The van der Waals surface area contributed by atoms with Gasteiger partial charge in [0.2, 0.25) is 10.0 Å². The number of rotatable bonds is 2. The minimum absolute atomic E-state index is 0.178. The molecule has 112 valence electrons. The van der Waals surface area contributed by atoms with E-state index in [-0.39, 0.29) is 10.9 Å². The molecule has 2 rings (SSSR count). The number of sulfonamides is 1. The summed E-state index contributed by atoms with van der Waals surface area (Å²) in [5.74, 6) is 0.395. The predicted molar refractivity (Wildman–Crippen MR) is 78.3 cm³/mol. The Labute approximate surface area is 120 Å². The molecule has 3 N–H and O–H groups in total. The molecule has 1 unspecified atom stereocenters. The van der Waals surface area contributed by atoms with Crippen LogP contribution in [0.1, 0.15) is 44.4 Å². The zero-order chi connectivity index (χ0) is 15.1. The Morgan fingerprint density at radius 1 is 1.35 bits per heavy atom. The number of fused-ring (bicyclic) bond motifs is 1. The van der Waals surface area contributed by atoms with Gasteiger partial charge in [0.15, 0.2) is 0 Å². The number of hydrogen-bond acceptors (Lipinski definition) is 4. The van der Waals surface area contributed by atoms with Crippen molar-refractivity contribution in [3.05, 3.63) is 23.3 Å². The van der Waals surface area contributed by atoms with Gasteiger partial charge in [-0.3, -0.25) is 0 Å². The van der Waals surface area contributed by atoms with Crippen LogP contribution in [0.4, 0.5) is 0 Å². The van der Waals surface area contributed by atoms with Gasteiger partial charge in [-0.15, -0.1) is 0 Å². The van der Waals surface area contributed by atoms with Gasteiger partial charge in [0.1, 0.15) is 10.6 Å². The monoisotopic (exact) mass is 298 g/mol. The van der Waals surface area contributed by atoms with Crippen LogP contribution in [0, 0.1) is 6.92 Å². The van der Waals surface area contributed by atoms with Gasteiger partial charge >= 0.3 is 0 Å². The van der Waals surface area contributed by atoms with E-state index in [0.717, 1.165) is 11.1 Å². The van der Waals surface area contributed by atoms with Gasteiger partial charge in [-0.2, -0.15) is 0 Å². The Morgan fingerprint density at radius 3 is 2.60 bits per heavy atom. The fourth-order valence-corrected chi connectivity index (χ4v) is 3.98. The van der Waals surface area contributed by atoms with E-state index in [1.54, 1.807) is 26.8 Å². The molecule has 1 atom stereocenters. The molecule has 0 bridgehead atoms. The van der Waals surface area contributed by atoms with Crippen LogP contribution >= 0.6 is 0 Å². The Bertz CT molecular complexity index is 618. The standard InChI is InChI=1S/C14H22N2O3S/c1-9-7-10-11(15)5-6-19-13(10)12(8-9)20(17,18)16-14(2,3)4/h7-8,11,16H,5-6,15H2,1-4H3. The van der Waals surface area contributed by atoms with Crippen molar-refractivity contribution < 1.29 is 13.2 Å². The summed E-state index contributed by atoms with van der Waals surface area (Å²) < 4.78 is 33.3. The number of aryl methyl sites for hydroxylation is 1. The van der Waals surface area contributed by atoms with E-state index < -0.39 is 15.6 Å². The van der Waals surface area contributed by atoms with Gasteiger partial charge in [-0.1, -0.05) is 6.07 Å². The van der Waals surface area contributed by atoms with Gasteiger partial charge in [-0.25, -0.2) is 13.1 Å². The second kappa shape index (κ2) is 5.02. The molecule has 1 aromatic carbocycles. The fourth-order valence-electron chi connectivity index (χ4n) is 2.30. The molecule has 1 aliphatic rings. The van der Waals surface area contributed by atoms with Crippen LogP contribution in [0.5, 0.6) is 5.75 Å². The second-order valence-electron chi connectivity index (χ2n) is 6.28. The van der Waals surface area contributed by atoms with Gasteiger partial charge in [0.05, 0.1) is 6.61 Å². The van der Waals surface area contributed by atoms with Crippen molar-refractivity contribution in [3.63, 3.8) is 0 Å². The maximum absolute atomic E-state index is 12.5. The SMILES string of the molecule is Cc1cc2c(c(S(=O)(=O)NC(C)(C)C)c1)OCCC2N. The number of nitrogens with one attached hydrogen (secondary N) is 1. The van der Waals surface area contributed by atoms with Crippen molar-refractivity contribution >= 4 is 10.0 Å². The normalized spacial score (nSPS) is 19.4. The molecule has 0 saturated heterocycles. The van der Waals surface area contributed by atoms with Gasteiger partial charge in [0, 0.05) is 23.6 Å². The number of nitrogens with two attached hydrogens (primary N) is 1. The topological polar surface area (TPSA) is 81.4 Å². The highest BCUT2D eigenvalue weighted by molar-refractivity contribution is 7.89. The summed E-state index contributed by atoms with van der Waals surface area (Å²) >= 11 is 0. The molecule has 0 saturated carbocycles. The van der Waals surface area contributed by atoms with Gasteiger partial charge < -0.3 is 10.5 Å². The Hall–Kier alpha value is -1.11. The third-order valence-electron chi connectivity index (χ3n) is 3.03. The van der Waals surface area contributed by atoms with Crippen molar-refractivity contribution in [1.29, 1.82) is 0 Å². The summed E-state index contributed by atoms with van der Waals surface area (Å²) in [4.78, 5) is 0.178. The summed E-state index contributed by atoms with van der Waals surface area (Å²) in [6, 6.07) is 3.35. The van der Waals surface area contributed by atoms with Crippen LogP contribution in [-0.4, -0.2) is 20.6 Å². The number of benzene rings is 1. The van der Waals surface area contributed by atoms with Crippen molar-refractivity contribution in [2.45, 2.75) is 50.6 Å². The largest absolute Gasteiger partial charge is 0.492 e. The first-order valence-corrected chi connectivity index (χ1v) is 8.15. The highest BCUT2D eigenvalue weighted by Crippen LogP contribution is 2.37. The summed E-state index contributed by atoms with van der Waals surface area (Å²) in [7, 11) is -3.64. The third-order valence-corrected chi connectivity index (χ3v) is 4.80. The zero-order valence-corrected chi connectivity index (χ0v) is 13.2. The third kappa shape index (κ3) is 3.13. The molecule has 0 amide bonds. The maximum Gasteiger partial charge on any atom is 0.244 e. The highest BCUT2D eigenvalue weighted by atomic mass is 32.2. The molecule has 0 aromatic heterocycles. The van der Waals surface area contributed by atoms with Crippen molar-refractivity contribution in [1.82, 2.24) is 4.72 Å². The molecular weight excluding hydrogens is 276 g/mol. The van der Waals surface area contributed by atoms with E-state index in [1.807, 2.05) is 13.0 Å². The van der Waals surface area contributed by atoms with E-state index in [1.165, 1.54) is 0 Å². The van der Waals surface area contributed by atoms with Crippen LogP contribution in [0.15, 0.2) is 17.0 Å². The zero-order valence-electron chi connectivity index (χ0n) is 12.4. The molecular formula is C14H22N2O3S. The molecule has 6 heteroatoms. The van der Waals surface area contributed by atoms with E-state index in [9.17, 15) is 8.42 Å². The molecule has 0 aliphatic carbocycles. The first-order chi connectivity index (χ1) is 9.10. The van der Waals surface area contributed by atoms with Gasteiger partial charge in [0.25, 0.3) is 0 Å². The van der Waals surface area contributed by atoms with E-state index in [2.05, 4.69) is 4.72 Å². The minimum atomic E-state index is -3.64. The highest BCUT2D eigenvalue weighted by Gasteiger charge is 2.30. The molecule has 1 aromatic rings. The molecule has 1 aliphatic heterocycles. The Balaban J connectivity index is 2.58. The maximum atomic E-state index is 12.5. The average molecular weight is 298 g/mol. The molecule has 0 spiro atoms. The number of ether oxygens (including phenoxy) is 1. The fraction of sp³-hybridized carbons (Fsp3) is 0.571. The summed E-state index contributed by atoms with van der Waals surface area (Å²) in [6.07, 6.45) is 0.697. The average Bonchev–Trinajstić information content (AvgIpc) is 2.26. The van der Waals surface area contributed by atoms with Crippen LogP contribution in [0.2, 0.25) is 0 Å². The minimum Gasteiger partial charge on any atom is -0.492 e. The summed E-state index contributed by atoms with van der Waals surface area (Å²) in [5.41, 5.74) is 7.14. The lowest BCUT2D eigenvalue weighted by Crippen LogP contribution is -2.41. The molecule has 5 nitrogen and oxygen atoms in total. The van der Waals surface area contributed by atoms with Crippen LogP contribution in [0.3, 0.4) is 0 Å². The van der Waals surface area contributed by atoms with Crippen LogP contribution in [0.25, 0.3) is 0 Å².